The molecule has 0 aliphatic rings. The molecule has 5 aromatic rings. The van der Waals surface area contributed by atoms with Crippen molar-refractivity contribution in [2.45, 2.75) is 39.5 Å². The van der Waals surface area contributed by atoms with E-state index in [0.29, 0.717) is 17.6 Å². The third-order valence-corrected chi connectivity index (χ3v) is 6.16. The summed E-state index contributed by atoms with van der Waals surface area (Å²) in [6, 6.07) is 13.3. The average molecular weight is 492 g/mol. The lowest BCUT2D eigenvalue weighted by molar-refractivity contribution is 0.302. The predicted octanol–water partition coefficient (Wildman–Crippen LogP) is 4.38. The lowest BCUT2D eigenvalue weighted by Crippen LogP contribution is -2.20. The molecule has 0 amide bonds. The van der Waals surface area contributed by atoms with Gasteiger partial charge in [-0.05, 0) is 67.6 Å². The molecule has 0 saturated carbocycles. The molecule has 0 saturated heterocycles. The minimum Gasteiger partial charge on any atom is -0.487 e. The van der Waals surface area contributed by atoms with Crippen LogP contribution >= 0.6 is 11.6 Å². The topological polar surface area (TPSA) is 100.0 Å². The number of nitrogens with zero attached hydrogens (tertiary/aromatic N) is 8. The zero-order valence-electron chi connectivity index (χ0n) is 19.9. The van der Waals surface area contributed by atoms with Gasteiger partial charge in [0.1, 0.15) is 29.2 Å². The van der Waals surface area contributed by atoms with E-state index in [4.69, 9.17) is 16.3 Å². The second-order valence-corrected chi connectivity index (χ2v) is 8.94. The van der Waals surface area contributed by atoms with Crippen LogP contribution in [0.1, 0.15) is 48.7 Å². The molecule has 5 rings (SSSR count). The predicted molar refractivity (Wildman–Crippen MR) is 133 cm³/mol. The van der Waals surface area contributed by atoms with Crippen molar-refractivity contribution in [3.63, 3.8) is 0 Å². The number of aryl methyl sites for hydroxylation is 2. The molecule has 1 unspecified atom stereocenters. The molecule has 0 aliphatic carbocycles. The van der Waals surface area contributed by atoms with Crippen LogP contribution in [0.25, 0.3) is 5.65 Å². The summed E-state index contributed by atoms with van der Waals surface area (Å²) in [6.45, 7) is 6.37. The Morgan fingerprint density at radius 3 is 2.60 bits per heavy atom. The van der Waals surface area contributed by atoms with Crippen molar-refractivity contribution < 1.29 is 4.74 Å². The van der Waals surface area contributed by atoms with E-state index in [0.717, 1.165) is 34.0 Å². The monoisotopic (exact) mass is 491 g/mol. The van der Waals surface area contributed by atoms with E-state index in [1.165, 1.54) is 0 Å². The van der Waals surface area contributed by atoms with E-state index in [-0.39, 0.29) is 6.04 Å². The lowest BCUT2D eigenvalue weighted by atomic mass is 10.1. The number of tetrazole rings is 1. The van der Waals surface area contributed by atoms with Crippen LogP contribution < -0.4 is 10.1 Å². The zero-order chi connectivity index (χ0) is 24.5. The molecule has 180 valence electrons. The summed E-state index contributed by atoms with van der Waals surface area (Å²) in [4.78, 5) is 4.57. The molecule has 1 N–H and O–H groups in total. The van der Waals surface area contributed by atoms with Crippen molar-refractivity contribution in [1.29, 1.82) is 0 Å². The molecule has 1 atom stereocenters. The summed E-state index contributed by atoms with van der Waals surface area (Å²) in [5, 5.41) is 20.9. The van der Waals surface area contributed by atoms with Crippen LogP contribution in [0.2, 0.25) is 5.15 Å². The van der Waals surface area contributed by atoms with Gasteiger partial charge in [0.25, 0.3) is 0 Å². The van der Waals surface area contributed by atoms with Gasteiger partial charge in [-0.2, -0.15) is 5.10 Å². The van der Waals surface area contributed by atoms with Crippen LogP contribution in [0.3, 0.4) is 0 Å². The second-order valence-electron chi connectivity index (χ2n) is 8.58. The molecule has 35 heavy (non-hydrogen) atoms. The van der Waals surface area contributed by atoms with Gasteiger partial charge in [0, 0.05) is 30.7 Å². The van der Waals surface area contributed by atoms with Gasteiger partial charge in [0.05, 0.1) is 17.4 Å². The van der Waals surface area contributed by atoms with Gasteiger partial charge in [-0.25, -0.2) is 9.67 Å². The van der Waals surface area contributed by atoms with Crippen LogP contribution in [-0.4, -0.2) is 39.4 Å². The molecule has 0 radical (unpaired) electrons. The smallest absolute Gasteiger partial charge is 0.178 e. The first kappa shape index (κ1) is 22.9. The Labute approximate surface area is 207 Å². The Morgan fingerprint density at radius 2 is 1.91 bits per heavy atom. The highest BCUT2D eigenvalue weighted by Gasteiger charge is 2.29. The Hall–Kier alpha value is -3.92. The third-order valence-electron chi connectivity index (χ3n) is 5.72. The Morgan fingerprint density at radius 1 is 1.11 bits per heavy atom. The number of anilines is 1. The molecule has 0 fully saturated rings. The molecule has 4 aromatic heterocycles. The van der Waals surface area contributed by atoms with E-state index >= 15 is 0 Å². The quantitative estimate of drug-likeness (QED) is 0.344. The largest absolute Gasteiger partial charge is 0.487 e. The normalized spacial score (nSPS) is 12.4. The number of pyridine rings is 1. The van der Waals surface area contributed by atoms with Crippen molar-refractivity contribution in [2.24, 2.45) is 7.05 Å². The number of aromatic nitrogens is 8. The van der Waals surface area contributed by atoms with Crippen molar-refractivity contribution in [2.75, 3.05) is 5.32 Å². The Balaban J connectivity index is 1.37. The van der Waals surface area contributed by atoms with Gasteiger partial charge in [-0.1, -0.05) is 17.7 Å². The average Bonchev–Trinajstić information content (AvgIpc) is 3.55. The number of hydrogen-bond acceptors (Lipinski definition) is 7. The molecule has 0 aliphatic heterocycles. The number of halogens is 1. The number of hydrogen-bond donors (Lipinski definition) is 1. The summed E-state index contributed by atoms with van der Waals surface area (Å²) in [7, 11) is 1.82. The Bertz CT molecular complexity index is 1420. The van der Waals surface area contributed by atoms with E-state index in [1.54, 1.807) is 9.36 Å². The molecular weight excluding hydrogens is 466 g/mol. The maximum atomic E-state index is 6.63. The molecule has 0 spiro atoms. The fourth-order valence-corrected chi connectivity index (χ4v) is 4.31. The van der Waals surface area contributed by atoms with Crippen LogP contribution in [-0.2, 0) is 13.7 Å². The number of rotatable bonds is 8. The second kappa shape index (κ2) is 9.38. The SMILES string of the molecule is Cc1nn(C)c(Cl)c1C(Nc1ccc(OCc2cn3ccccc3n2)cc1)c1nnnn1C(C)C. The minimum absolute atomic E-state index is 0.0791. The lowest BCUT2D eigenvalue weighted by Gasteiger charge is -2.21. The van der Waals surface area contributed by atoms with Crippen molar-refractivity contribution >= 4 is 22.9 Å². The van der Waals surface area contributed by atoms with Gasteiger partial charge >= 0.3 is 0 Å². The maximum Gasteiger partial charge on any atom is 0.178 e. The van der Waals surface area contributed by atoms with Crippen LogP contribution in [0.4, 0.5) is 5.69 Å². The minimum atomic E-state index is -0.390. The Kier molecular flexibility index (Phi) is 6.12. The van der Waals surface area contributed by atoms with Crippen LogP contribution in [0.5, 0.6) is 5.75 Å². The first-order chi connectivity index (χ1) is 16.9. The van der Waals surface area contributed by atoms with Crippen molar-refractivity contribution in [1.82, 2.24) is 39.4 Å². The molecule has 10 nitrogen and oxygen atoms in total. The van der Waals surface area contributed by atoms with E-state index in [1.807, 2.05) is 87.1 Å². The van der Waals surface area contributed by atoms with Crippen LogP contribution in [0.15, 0.2) is 54.9 Å². The van der Waals surface area contributed by atoms with E-state index in [2.05, 4.69) is 30.9 Å². The van der Waals surface area contributed by atoms with E-state index < -0.39 is 6.04 Å². The summed E-state index contributed by atoms with van der Waals surface area (Å²) < 4.78 is 11.4. The molecule has 11 heteroatoms. The number of ether oxygens (including phenoxy) is 1. The first-order valence-electron chi connectivity index (χ1n) is 11.3. The fourth-order valence-electron chi connectivity index (χ4n) is 4.03. The molecule has 4 heterocycles. The summed E-state index contributed by atoms with van der Waals surface area (Å²) in [5.41, 5.74) is 4.26. The van der Waals surface area contributed by atoms with Gasteiger partial charge in [-0.3, -0.25) is 4.68 Å². The van der Waals surface area contributed by atoms with Gasteiger partial charge in [0.2, 0.25) is 0 Å². The van der Waals surface area contributed by atoms with Crippen molar-refractivity contribution in [3.05, 3.63) is 82.8 Å². The zero-order valence-corrected chi connectivity index (χ0v) is 20.7. The highest BCUT2D eigenvalue weighted by molar-refractivity contribution is 6.30. The summed E-state index contributed by atoms with van der Waals surface area (Å²) in [6.07, 6.45) is 3.93. The summed E-state index contributed by atoms with van der Waals surface area (Å²) in [5.74, 6) is 1.40. The fraction of sp³-hybridized carbons (Fsp3) is 0.292. The number of benzene rings is 1. The third kappa shape index (κ3) is 4.57. The standard InChI is InChI=1S/C24H26ClN9O/c1-15(2)34-24(28-30-31-34)22(21-16(3)29-32(4)23(21)25)27-17-8-10-19(11-9-17)35-14-18-13-33-12-6-5-7-20(33)26-18/h5-13,15,22,27H,14H2,1-4H3. The molecule has 0 bridgehead atoms. The molecule has 1 aromatic carbocycles. The molecular formula is C24H26ClN9O. The number of nitrogens with one attached hydrogen (secondary N) is 1. The van der Waals surface area contributed by atoms with Crippen molar-refractivity contribution in [3.8, 4) is 5.75 Å². The van der Waals surface area contributed by atoms with Crippen LogP contribution in [0, 0.1) is 6.92 Å². The maximum absolute atomic E-state index is 6.63. The highest BCUT2D eigenvalue weighted by atomic mass is 35.5. The highest BCUT2D eigenvalue weighted by Crippen LogP contribution is 2.33. The van der Waals surface area contributed by atoms with E-state index in [9.17, 15) is 0 Å². The number of imidazole rings is 1. The van der Waals surface area contributed by atoms with Gasteiger partial charge in [0.15, 0.2) is 5.82 Å². The summed E-state index contributed by atoms with van der Waals surface area (Å²) >= 11 is 6.63. The van der Waals surface area contributed by atoms with Gasteiger partial charge < -0.3 is 14.5 Å². The van der Waals surface area contributed by atoms with Gasteiger partial charge in [-0.15, -0.1) is 5.10 Å². The first-order valence-corrected chi connectivity index (χ1v) is 11.7. The number of fused-ring (bicyclic) bond motifs is 1.